The van der Waals surface area contributed by atoms with Gasteiger partial charge in [0.2, 0.25) is 0 Å². The molecule has 1 saturated carbocycles. The van der Waals surface area contributed by atoms with Crippen molar-refractivity contribution in [2.24, 2.45) is 11.3 Å². The molecule has 0 aromatic carbocycles. The van der Waals surface area contributed by atoms with E-state index in [4.69, 9.17) is 9.15 Å². The van der Waals surface area contributed by atoms with E-state index in [1.165, 1.54) is 36.8 Å². The first kappa shape index (κ1) is 15.9. The lowest BCUT2D eigenvalue weighted by Crippen LogP contribution is -2.40. The van der Waals surface area contributed by atoms with E-state index in [2.05, 4.69) is 39.8 Å². The van der Waals surface area contributed by atoms with Gasteiger partial charge in [0, 0.05) is 0 Å². The maximum atomic E-state index is 6.05. The molecule has 1 aliphatic heterocycles. The third-order valence-corrected chi connectivity index (χ3v) is 6.00. The van der Waals surface area contributed by atoms with Crippen LogP contribution in [-0.2, 0) is 11.2 Å². The number of furan rings is 1. The number of hydrogen-bond donors (Lipinski definition) is 0. The summed E-state index contributed by atoms with van der Waals surface area (Å²) in [6, 6.07) is 2.05. The Balaban J connectivity index is 1.50. The minimum absolute atomic E-state index is 0.165. The zero-order valence-electron chi connectivity index (χ0n) is 14.5. The van der Waals surface area contributed by atoms with Crippen LogP contribution in [0, 0.1) is 11.3 Å². The standard InChI is InChI=1S/C20H30O2/c1-15(6-5-7-16-11-13-21-14-16)8-9-17-19(2,3)12-10-18-20(17,4)22-18/h6,11,13-14,17-18H,5,7-10,12H2,1-4H3/b15-6+/t17-,18-,20+/m0/s1. The van der Waals surface area contributed by atoms with E-state index in [1.54, 1.807) is 6.26 Å². The first-order valence-electron chi connectivity index (χ1n) is 8.76. The second-order valence-corrected chi connectivity index (χ2v) is 8.13. The van der Waals surface area contributed by atoms with Crippen LogP contribution in [-0.4, -0.2) is 11.7 Å². The summed E-state index contributed by atoms with van der Waals surface area (Å²) in [6.07, 6.45) is 13.7. The topological polar surface area (TPSA) is 25.7 Å². The van der Waals surface area contributed by atoms with Gasteiger partial charge in [-0.2, -0.15) is 0 Å². The van der Waals surface area contributed by atoms with Gasteiger partial charge in [0.05, 0.1) is 24.2 Å². The van der Waals surface area contributed by atoms with Gasteiger partial charge in [-0.25, -0.2) is 0 Å². The van der Waals surface area contributed by atoms with Crippen molar-refractivity contribution in [2.45, 2.75) is 77.9 Å². The van der Waals surface area contributed by atoms with Crippen molar-refractivity contribution in [2.75, 3.05) is 0 Å². The average molecular weight is 302 g/mol. The Morgan fingerprint density at radius 3 is 2.91 bits per heavy atom. The lowest BCUT2D eigenvalue weighted by Gasteiger charge is -2.40. The lowest BCUT2D eigenvalue weighted by molar-refractivity contribution is 0.0875. The van der Waals surface area contributed by atoms with E-state index in [0.717, 1.165) is 12.8 Å². The van der Waals surface area contributed by atoms with Crippen molar-refractivity contribution in [3.8, 4) is 0 Å². The summed E-state index contributed by atoms with van der Waals surface area (Å²) in [4.78, 5) is 0. The van der Waals surface area contributed by atoms with E-state index >= 15 is 0 Å². The summed E-state index contributed by atoms with van der Waals surface area (Å²) in [6.45, 7) is 9.47. The molecule has 0 spiro atoms. The van der Waals surface area contributed by atoms with Gasteiger partial charge in [-0.05, 0) is 75.3 Å². The zero-order valence-corrected chi connectivity index (χ0v) is 14.5. The molecule has 1 saturated heterocycles. The largest absolute Gasteiger partial charge is 0.472 e. The van der Waals surface area contributed by atoms with Crippen LogP contribution in [0.5, 0.6) is 0 Å². The Hall–Kier alpha value is -1.02. The fraction of sp³-hybridized carbons (Fsp3) is 0.700. The summed E-state index contributed by atoms with van der Waals surface area (Å²) in [5.41, 5.74) is 3.39. The molecule has 1 aliphatic carbocycles. The predicted molar refractivity (Wildman–Crippen MR) is 89.8 cm³/mol. The van der Waals surface area contributed by atoms with Crippen molar-refractivity contribution >= 4 is 0 Å². The zero-order chi connectivity index (χ0) is 15.8. The molecule has 3 atom stereocenters. The first-order valence-corrected chi connectivity index (χ1v) is 8.76. The molecule has 0 N–H and O–H groups in total. The summed E-state index contributed by atoms with van der Waals surface area (Å²) in [5, 5.41) is 0. The van der Waals surface area contributed by atoms with Gasteiger partial charge in [-0.1, -0.05) is 25.5 Å². The number of hydrogen-bond acceptors (Lipinski definition) is 2. The highest BCUT2D eigenvalue weighted by atomic mass is 16.6. The molecule has 122 valence electrons. The molecule has 0 amide bonds. The van der Waals surface area contributed by atoms with Crippen molar-refractivity contribution < 1.29 is 9.15 Å². The Kier molecular flexibility index (Phi) is 4.24. The molecule has 22 heavy (non-hydrogen) atoms. The van der Waals surface area contributed by atoms with Gasteiger partial charge in [0.25, 0.3) is 0 Å². The lowest BCUT2D eigenvalue weighted by atomic mass is 9.62. The van der Waals surface area contributed by atoms with Gasteiger partial charge in [0.15, 0.2) is 0 Å². The normalized spacial score (nSPS) is 33.5. The minimum atomic E-state index is 0.165. The molecule has 2 heteroatoms. The van der Waals surface area contributed by atoms with E-state index in [1.807, 2.05) is 6.26 Å². The van der Waals surface area contributed by atoms with Crippen molar-refractivity contribution in [1.29, 1.82) is 0 Å². The second-order valence-electron chi connectivity index (χ2n) is 8.13. The quantitative estimate of drug-likeness (QED) is 0.510. The number of allylic oxidation sites excluding steroid dienone is 2. The van der Waals surface area contributed by atoms with E-state index in [9.17, 15) is 0 Å². The second kappa shape index (κ2) is 5.88. The summed E-state index contributed by atoms with van der Waals surface area (Å²) < 4.78 is 11.2. The Labute approximate surface area is 134 Å². The number of aryl methyl sites for hydroxylation is 1. The Morgan fingerprint density at radius 1 is 1.36 bits per heavy atom. The maximum Gasteiger partial charge on any atom is 0.0953 e. The number of rotatable bonds is 6. The highest BCUT2D eigenvalue weighted by molar-refractivity contribution is 5.13. The minimum Gasteiger partial charge on any atom is -0.472 e. The monoisotopic (exact) mass is 302 g/mol. The molecule has 2 nitrogen and oxygen atoms in total. The van der Waals surface area contributed by atoms with E-state index < -0.39 is 0 Å². The van der Waals surface area contributed by atoms with Crippen molar-refractivity contribution in [3.63, 3.8) is 0 Å². The molecule has 1 aromatic heterocycles. The van der Waals surface area contributed by atoms with Crippen LogP contribution in [0.25, 0.3) is 0 Å². The third-order valence-electron chi connectivity index (χ3n) is 6.00. The molecular formula is C20H30O2. The average Bonchev–Trinajstić information content (AvgIpc) is 2.87. The number of ether oxygens (including phenoxy) is 1. The van der Waals surface area contributed by atoms with Crippen molar-refractivity contribution in [3.05, 3.63) is 35.8 Å². The van der Waals surface area contributed by atoms with Crippen LogP contribution in [0.15, 0.2) is 34.7 Å². The van der Waals surface area contributed by atoms with Crippen LogP contribution in [0.1, 0.15) is 65.4 Å². The molecular weight excluding hydrogens is 272 g/mol. The predicted octanol–water partition coefficient (Wildman–Crippen LogP) is 5.53. The first-order chi connectivity index (χ1) is 10.4. The molecule has 0 bridgehead atoms. The molecule has 0 radical (unpaired) electrons. The smallest absolute Gasteiger partial charge is 0.0953 e. The van der Waals surface area contributed by atoms with Gasteiger partial charge in [0.1, 0.15) is 0 Å². The van der Waals surface area contributed by atoms with Crippen LogP contribution in [0.4, 0.5) is 0 Å². The van der Waals surface area contributed by atoms with Crippen LogP contribution >= 0.6 is 0 Å². The van der Waals surface area contributed by atoms with Crippen LogP contribution in [0.2, 0.25) is 0 Å². The van der Waals surface area contributed by atoms with Crippen LogP contribution in [0.3, 0.4) is 0 Å². The van der Waals surface area contributed by atoms with E-state index in [-0.39, 0.29) is 5.60 Å². The highest BCUT2D eigenvalue weighted by Crippen LogP contribution is 2.59. The Morgan fingerprint density at radius 2 is 2.18 bits per heavy atom. The number of fused-ring (bicyclic) bond motifs is 1. The summed E-state index contributed by atoms with van der Waals surface area (Å²) >= 11 is 0. The highest BCUT2D eigenvalue weighted by Gasteiger charge is 2.63. The maximum absolute atomic E-state index is 6.05. The molecule has 3 rings (SSSR count). The Bertz CT molecular complexity index is 521. The molecule has 0 unspecified atom stereocenters. The van der Waals surface area contributed by atoms with Crippen LogP contribution < -0.4 is 0 Å². The molecule has 2 aliphatic rings. The molecule has 2 heterocycles. The molecule has 2 fully saturated rings. The SMILES string of the molecule is C/C(=C\CCc1ccoc1)CC[C@H]1C(C)(C)CC[C@@H]2O[C@@]21C. The number of epoxide rings is 1. The molecule has 1 aromatic rings. The fourth-order valence-corrected chi connectivity index (χ4v) is 4.45. The van der Waals surface area contributed by atoms with Gasteiger partial charge in [-0.3, -0.25) is 0 Å². The summed E-state index contributed by atoms with van der Waals surface area (Å²) in [7, 11) is 0. The van der Waals surface area contributed by atoms with E-state index in [0.29, 0.717) is 17.4 Å². The fourth-order valence-electron chi connectivity index (χ4n) is 4.45. The van der Waals surface area contributed by atoms with Gasteiger partial charge in [-0.15, -0.1) is 0 Å². The van der Waals surface area contributed by atoms with Gasteiger partial charge >= 0.3 is 0 Å². The van der Waals surface area contributed by atoms with Crippen molar-refractivity contribution in [1.82, 2.24) is 0 Å². The van der Waals surface area contributed by atoms with Gasteiger partial charge < -0.3 is 9.15 Å². The summed E-state index contributed by atoms with van der Waals surface area (Å²) in [5.74, 6) is 0.691. The third kappa shape index (κ3) is 3.17.